The molecule has 0 radical (unpaired) electrons. The molecule has 11 heteroatoms. The minimum Gasteiger partial charge on any atom is -0.490 e. The number of hydrogen-bond acceptors (Lipinski definition) is 8. The van der Waals surface area contributed by atoms with Crippen LogP contribution in [0, 0.1) is 17.8 Å². The standard InChI is InChI=1S/C44H61ClN4O5S/c1-4-9-41-31(2)10-7-20-44(53-3,29-47-22-23-48-21-6-5-12-36(48)27-47)38-16-13-34(38)26-49-28-43(19-8-11-32-24-35(45)15-17-37(32)43)30-54-40-18-14-33(25-39(40)49)42(50)46-55(41,51)52/h7,14-15,17-18,20,24-25,31,34,36,38,41H,4-6,8-13,16,19,21-23,26-30H2,1-3H3,(H,46,50)/b20-7+/t31-,34-,36+,38+,41+,43-,44-/m0/s1. The summed E-state index contributed by atoms with van der Waals surface area (Å²) < 4.78 is 44.1. The number of piperazine rings is 1. The fourth-order valence-electron chi connectivity index (χ4n) is 11.2. The van der Waals surface area contributed by atoms with Crippen LogP contribution < -0.4 is 14.4 Å². The molecule has 1 amide bonds. The van der Waals surface area contributed by atoms with Crippen molar-refractivity contribution in [3.8, 4) is 5.75 Å². The zero-order valence-corrected chi connectivity index (χ0v) is 34.7. The van der Waals surface area contributed by atoms with Gasteiger partial charge in [-0.15, -0.1) is 0 Å². The van der Waals surface area contributed by atoms with Crippen LogP contribution in [0.1, 0.15) is 99.5 Å². The van der Waals surface area contributed by atoms with Crippen molar-refractivity contribution in [2.45, 2.75) is 107 Å². The molecule has 1 saturated carbocycles. The number of carbonyl (C=O) groups excluding carboxylic acids is 1. The molecule has 6 aliphatic rings. The van der Waals surface area contributed by atoms with Crippen molar-refractivity contribution in [3.63, 3.8) is 0 Å². The highest BCUT2D eigenvalue weighted by Crippen LogP contribution is 2.49. The van der Waals surface area contributed by atoms with Gasteiger partial charge in [0.1, 0.15) is 11.4 Å². The van der Waals surface area contributed by atoms with Crippen molar-refractivity contribution in [3.05, 3.63) is 70.3 Å². The van der Waals surface area contributed by atoms with Gasteiger partial charge in [0, 0.05) is 68.4 Å². The molecule has 4 aliphatic heterocycles. The maximum absolute atomic E-state index is 14.0. The van der Waals surface area contributed by atoms with E-state index in [1.54, 1.807) is 6.07 Å². The van der Waals surface area contributed by atoms with Crippen LogP contribution in [0.25, 0.3) is 0 Å². The summed E-state index contributed by atoms with van der Waals surface area (Å²) in [6, 6.07) is 12.4. The van der Waals surface area contributed by atoms with E-state index < -0.39 is 26.8 Å². The lowest BCUT2D eigenvalue weighted by Gasteiger charge is -2.53. The normalized spacial score (nSPS) is 34.6. The number of amides is 1. The number of hydrogen-bond donors (Lipinski definition) is 1. The van der Waals surface area contributed by atoms with E-state index in [1.165, 1.54) is 36.9 Å². The Hall–Kier alpha value is -2.63. The summed E-state index contributed by atoms with van der Waals surface area (Å²) >= 11 is 6.53. The molecule has 4 heterocycles. The Bertz CT molecular complexity index is 1870. The van der Waals surface area contributed by atoms with Crippen LogP contribution in [-0.2, 0) is 26.6 Å². The number of nitrogens with one attached hydrogen (secondary N) is 1. The maximum atomic E-state index is 14.0. The number of anilines is 1. The Morgan fingerprint density at radius 3 is 2.71 bits per heavy atom. The predicted molar refractivity (Wildman–Crippen MR) is 220 cm³/mol. The second-order valence-corrected chi connectivity index (χ2v) is 20.1. The average Bonchev–Trinajstić information content (AvgIpc) is 3.31. The van der Waals surface area contributed by atoms with E-state index in [0.717, 1.165) is 87.8 Å². The van der Waals surface area contributed by atoms with Crippen molar-refractivity contribution in [1.29, 1.82) is 0 Å². The molecule has 55 heavy (non-hydrogen) atoms. The smallest absolute Gasteiger partial charge is 0.264 e. The quantitative estimate of drug-likeness (QED) is 0.318. The average molecular weight is 794 g/mol. The third-order valence-electron chi connectivity index (χ3n) is 14.3. The highest BCUT2D eigenvalue weighted by molar-refractivity contribution is 7.90. The maximum Gasteiger partial charge on any atom is 0.264 e. The molecular weight excluding hydrogens is 732 g/mol. The first-order valence-electron chi connectivity index (χ1n) is 21.1. The van der Waals surface area contributed by atoms with Gasteiger partial charge in [0.05, 0.1) is 17.5 Å². The van der Waals surface area contributed by atoms with Gasteiger partial charge in [-0.05, 0) is 124 Å². The van der Waals surface area contributed by atoms with Crippen molar-refractivity contribution in [2.75, 3.05) is 64.4 Å². The number of rotatable bonds is 5. The molecule has 1 N–H and O–H groups in total. The summed E-state index contributed by atoms with van der Waals surface area (Å²) in [7, 11) is -2.08. The molecule has 2 aliphatic carbocycles. The lowest BCUT2D eigenvalue weighted by Crippen LogP contribution is -2.61. The third kappa shape index (κ3) is 7.72. The van der Waals surface area contributed by atoms with Gasteiger partial charge in [-0.25, -0.2) is 13.1 Å². The molecule has 9 nitrogen and oxygen atoms in total. The molecule has 2 aromatic carbocycles. The van der Waals surface area contributed by atoms with Gasteiger partial charge in [-0.2, -0.15) is 0 Å². The van der Waals surface area contributed by atoms with Gasteiger partial charge >= 0.3 is 0 Å². The van der Waals surface area contributed by atoms with E-state index >= 15 is 0 Å². The predicted octanol–water partition coefficient (Wildman–Crippen LogP) is 7.22. The summed E-state index contributed by atoms with van der Waals surface area (Å²) in [5.74, 6) is 0.590. The fraction of sp³-hybridized carbons (Fsp3) is 0.659. The summed E-state index contributed by atoms with van der Waals surface area (Å²) in [6.45, 7) is 11.3. The van der Waals surface area contributed by atoms with Gasteiger partial charge in [-0.1, -0.05) is 56.5 Å². The molecule has 300 valence electrons. The number of methoxy groups -OCH3 is 1. The molecule has 2 bridgehead atoms. The van der Waals surface area contributed by atoms with E-state index in [1.807, 2.05) is 39.2 Å². The minimum atomic E-state index is -3.97. The molecule has 2 aromatic rings. The number of fused-ring (bicyclic) bond motifs is 5. The van der Waals surface area contributed by atoms with Gasteiger partial charge < -0.3 is 14.4 Å². The summed E-state index contributed by atoms with van der Waals surface area (Å²) in [5, 5.41) is 0.0539. The van der Waals surface area contributed by atoms with Crippen LogP contribution in [0.15, 0.2) is 48.6 Å². The Morgan fingerprint density at radius 1 is 1.04 bits per heavy atom. The number of piperidine rings is 1. The number of allylic oxidation sites excluding steroid dienone is 1. The van der Waals surface area contributed by atoms with Crippen LogP contribution >= 0.6 is 11.6 Å². The Kier molecular flexibility index (Phi) is 11.4. The zero-order chi connectivity index (χ0) is 38.4. The van der Waals surface area contributed by atoms with Gasteiger partial charge in [0.15, 0.2) is 0 Å². The van der Waals surface area contributed by atoms with Crippen molar-refractivity contribution in [2.24, 2.45) is 17.8 Å². The Balaban J connectivity index is 1.20. The monoisotopic (exact) mass is 792 g/mol. The zero-order valence-electron chi connectivity index (χ0n) is 33.1. The van der Waals surface area contributed by atoms with Crippen LogP contribution in [0.4, 0.5) is 5.69 Å². The van der Waals surface area contributed by atoms with E-state index in [-0.39, 0.29) is 17.3 Å². The first-order chi connectivity index (χ1) is 26.5. The second-order valence-electron chi connectivity index (χ2n) is 17.7. The van der Waals surface area contributed by atoms with Gasteiger partial charge in [0.2, 0.25) is 10.0 Å². The summed E-state index contributed by atoms with van der Waals surface area (Å²) in [4.78, 5) is 21.7. The first kappa shape index (κ1) is 39.2. The van der Waals surface area contributed by atoms with Crippen LogP contribution in [0.2, 0.25) is 5.02 Å². The minimum absolute atomic E-state index is 0.188. The molecule has 1 spiro atoms. The number of halogens is 1. The van der Waals surface area contributed by atoms with Crippen LogP contribution in [-0.4, -0.2) is 101 Å². The highest BCUT2D eigenvalue weighted by atomic mass is 35.5. The van der Waals surface area contributed by atoms with E-state index in [9.17, 15) is 13.2 Å². The number of benzene rings is 2. The SMILES string of the molecule is CCC[C@@H]1[C@@H](C)C/C=C/[C@@](CN2CCN3CCCC[C@@H]3C2)(OC)[C@@H]2CC[C@H]2CN2C[C@@]3(CCCc4cc(Cl)ccc43)COc3ccc(cc32)C(=O)NS1(=O)=O. The Morgan fingerprint density at radius 2 is 1.91 bits per heavy atom. The molecule has 0 unspecified atom stereocenters. The van der Waals surface area contributed by atoms with Gasteiger partial charge in [0.25, 0.3) is 5.91 Å². The summed E-state index contributed by atoms with van der Waals surface area (Å²) in [5.41, 5.74) is 2.99. The fourth-order valence-corrected chi connectivity index (χ4v) is 13.2. The van der Waals surface area contributed by atoms with E-state index in [4.69, 9.17) is 21.1 Å². The van der Waals surface area contributed by atoms with Crippen molar-refractivity contribution < 1.29 is 22.7 Å². The first-order valence-corrected chi connectivity index (χ1v) is 23.0. The van der Waals surface area contributed by atoms with Crippen LogP contribution in [0.3, 0.4) is 0 Å². The molecule has 3 fully saturated rings. The number of sulfonamides is 1. The largest absolute Gasteiger partial charge is 0.490 e. The number of ether oxygens (including phenoxy) is 2. The molecule has 8 rings (SSSR count). The number of carbonyl (C=O) groups is 1. The number of aryl methyl sites for hydroxylation is 1. The van der Waals surface area contributed by atoms with Crippen molar-refractivity contribution >= 4 is 33.2 Å². The number of nitrogens with zero attached hydrogens (tertiary/aromatic N) is 3. The molecule has 2 saturated heterocycles. The van der Waals surface area contributed by atoms with E-state index in [0.29, 0.717) is 43.4 Å². The lowest BCUT2D eigenvalue weighted by atomic mass is 9.63. The molecule has 0 aromatic heterocycles. The van der Waals surface area contributed by atoms with Crippen LogP contribution in [0.5, 0.6) is 5.75 Å². The highest BCUT2D eigenvalue weighted by Gasteiger charge is 2.50. The summed E-state index contributed by atoms with van der Waals surface area (Å²) in [6.07, 6.45) is 15.3. The van der Waals surface area contributed by atoms with Gasteiger partial charge in [-0.3, -0.25) is 14.6 Å². The Labute approximate surface area is 334 Å². The second kappa shape index (κ2) is 16.0. The molecular formula is C44H61ClN4O5S. The molecule has 7 atom stereocenters. The third-order valence-corrected chi connectivity index (χ3v) is 16.5. The van der Waals surface area contributed by atoms with Crippen molar-refractivity contribution in [1.82, 2.24) is 14.5 Å². The topological polar surface area (TPSA) is 91.4 Å². The van der Waals surface area contributed by atoms with E-state index in [2.05, 4.69) is 43.7 Å². The lowest BCUT2D eigenvalue weighted by molar-refractivity contribution is -0.100.